The molecule has 0 radical (unpaired) electrons. The highest BCUT2D eigenvalue weighted by atomic mass is 32.3. The Morgan fingerprint density at radius 3 is 1.68 bits per heavy atom. The number of nitrogens with two attached hydrogens (primary N) is 2. The van der Waals surface area contributed by atoms with Gasteiger partial charge in [0.15, 0.2) is 0 Å². The minimum absolute atomic E-state index is 0.0533. The molecule has 0 bridgehead atoms. The van der Waals surface area contributed by atoms with Crippen molar-refractivity contribution in [3.8, 4) is 5.75 Å². The second-order valence-electron chi connectivity index (χ2n) is 14.3. The van der Waals surface area contributed by atoms with E-state index in [0.717, 1.165) is 0 Å². The standard InChI is InChI=1S/C37H52N8O13S/c1-19(2)30(36(53)40-18-28(39)46)45-37(54)31(20(3)4)44-35(52)27(17-29(47)48)43-34(51)26(16-22-9-7-6-8-10-22)42-32(49)21(5)41-33(50)25(38)15-23-11-13-24(14-12-23)58-59(55,56)57/h6-14,19-21,25-27,30-31H,15-18,38H2,1-5H3,(H2,39,46)(H,40,53)(H,41,50)(H,42,49)(H,43,51)(H,44,52)(H,45,54)(H,47,48)(H,55,56,57)/t21-,25-,26-,27-,30-,31-/m0/s1. The molecular formula is C37H52N8O13S. The van der Waals surface area contributed by atoms with E-state index in [9.17, 15) is 51.9 Å². The second-order valence-corrected chi connectivity index (χ2v) is 15.3. The monoisotopic (exact) mass is 848 g/mol. The first kappa shape index (κ1) is 49.0. The van der Waals surface area contributed by atoms with Crippen LogP contribution in [0.2, 0.25) is 0 Å². The molecule has 12 N–H and O–H groups in total. The minimum atomic E-state index is -4.74. The van der Waals surface area contributed by atoms with E-state index < -0.39 is 119 Å². The summed E-state index contributed by atoms with van der Waals surface area (Å²) in [6.45, 7) is 7.25. The van der Waals surface area contributed by atoms with Crippen molar-refractivity contribution in [2.45, 2.75) is 90.1 Å². The Morgan fingerprint density at radius 1 is 0.644 bits per heavy atom. The normalized spacial score (nSPS) is 14.3. The SMILES string of the molecule is CC(C)[C@H](NC(=O)[C@H](CC(=O)O)NC(=O)[C@H](Cc1ccccc1)NC(=O)[C@H](C)NC(=O)[C@@H](N)Cc1ccc(OS(=O)(=O)O)cc1)C(=O)N[C@H](C(=O)NCC(N)=O)C(C)C. The second kappa shape index (κ2) is 22.7. The lowest BCUT2D eigenvalue weighted by molar-refractivity contribution is -0.141. The van der Waals surface area contributed by atoms with E-state index in [4.69, 9.17) is 16.0 Å². The lowest BCUT2D eigenvalue weighted by atomic mass is 9.99. The Labute approximate surface area is 341 Å². The van der Waals surface area contributed by atoms with Gasteiger partial charge in [0.1, 0.15) is 36.0 Å². The minimum Gasteiger partial charge on any atom is -0.481 e. The third-order valence-corrected chi connectivity index (χ3v) is 8.93. The van der Waals surface area contributed by atoms with Crippen LogP contribution in [0.1, 0.15) is 52.2 Å². The highest BCUT2D eigenvalue weighted by Crippen LogP contribution is 2.15. The summed E-state index contributed by atoms with van der Waals surface area (Å²) < 4.78 is 35.0. The van der Waals surface area contributed by atoms with Gasteiger partial charge in [-0.1, -0.05) is 70.2 Å². The van der Waals surface area contributed by atoms with Crippen LogP contribution in [0.15, 0.2) is 54.6 Å². The van der Waals surface area contributed by atoms with Crippen molar-refractivity contribution in [1.29, 1.82) is 0 Å². The van der Waals surface area contributed by atoms with Gasteiger partial charge in [-0.3, -0.25) is 42.9 Å². The number of rotatable bonds is 23. The molecule has 2 aromatic carbocycles. The van der Waals surface area contributed by atoms with Gasteiger partial charge in [0.2, 0.25) is 41.4 Å². The highest BCUT2D eigenvalue weighted by Gasteiger charge is 2.35. The van der Waals surface area contributed by atoms with Gasteiger partial charge in [-0.25, -0.2) is 0 Å². The summed E-state index contributed by atoms with van der Waals surface area (Å²) in [5.41, 5.74) is 12.2. The van der Waals surface area contributed by atoms with Gasteiger partial charge in [-0.2, -0.15) is 8.42 Å². The lowest BCUT2D eigenvalue weighted by Gasteiger charge is -2.29. The van der Waals surface area contributed by atoms with E-state index in [2.05, 4.69) is 36.1 Å². The summed E-state index contributed by atoms with van der Waals surface area (Å²) >= 11 is 0. The molecule has 0 saturated carbocycles. The molecule has 21 nitrogen and oxygen atoms in total. The Hall–Kier alpha value is -6.13. The maximum absolute atomic E-state index is 13.8. The van der Waals surface area contributed by atoms with E-state index in [1.54, 1.807) is 58.0 Å². The van der Waals surface area contributed by atoms with Crippen LogP contribution in [-0.4, -0.2) is 108 Å². The molecule has 0 heterocycles. The van der Waals surface area contributed by atoms with Gasteiger partial charge in [-0.15, -0.1) is 0 Å². The topological polar surface area (TPSA) is 345 Å². The number of primary amides is 1. The maximum atomic E-state index is 13.8. The summed E-state index contributed by atoms with van der Waals surface area (Å²) in [5.74, 6) is -8.72. The molecule has 6 atom stereocenters. The van der Waals surface area contributed by atoms with Crippen LogP contribution in [0, 0.1) is 11.8 Å². The zero-order valence-electron chi connectivity index (χ0n) is 33.1. The van der Waals surface area contributed by atoms with E-state index in [1.165, 1.54) is 31.2 Å². The molecule has 324 valence electrons. The average Bonchev–Trinajstić information content (AvgIpc) is 3.14. The molecule has 2 aromatic rings. The van der Waals surface area contributed by atoms with Crippen molar-refractivity contribution in [1.82, 2.24) is 31.9 Å². The number of hydrogen-bond acceptors (Lipinski definition) is 12. The molecule has 0 aliphatic rings. The van der Waals surface area contributed by atoms with Crippen LogP contribution in [0.5, 0.6) is 5.75 Å². The predicted octanol–water partition coefficient (Wildman–Crippen LogP) is -2.19. The number of aliphatic carboxylic acids is 1. The van der Waals surface area contributed by atoms with Crippen molar-refractivity contribution in [3.05, 3.63) is 65.7 Å². The van der Waals surface area contributed by atoms with Crippen LogP contribution in [0.25, 0.3) is 0 Å². The fourth-order valence-electron chi connectivity index (χ4n) is 5.40. The molecule has 0 aliphatic heterocycles. The van der Waals surface area contributed by atoms with Gasteiger partial charge in [0, 0.05) is 6.42 Å². The smallest absolute Gasteiger partial charge is 0.446 e. The maximum Gasteiger partial charge on any atom is 0.446 e. The summed E-state index contributed by atoms with van der Waals surface area (Å²) in [6, 6.07) is 5.56. The van der Waals surface area contributed by atoms with Crippen molar-refractivity contribution in [2.24, 2.45) is 23.3 Å². The quantitative estimate of drug-likeness (QED) is 0.0532. The number of benzene rings is 2. The van der Waals surface area contributed by atoms with Crippen LogP contribution in [0.3, 0.4) is 0 Å². The van der Waals surface area contributed by atoms with Crippen molar-refractivity contribution < 1.29 is 60.6 Å². The Bertz CT molecular complexity index is 1930. The molecule has 22 heteroatoms. The average molecular weight is 849 g/mol. The molecule has 0 unspecified atom stereocenters. The van der Waals surface area contributed by atoms with Crippen LogP contribution >= 0.6 is 0 Å². The number of hydrogen-bond donors (Lipinski definition) is 10. The van der Waals surface area contributed by atoms with Gasteiger partial charge in [0.05, 0.1) is 19.0 Å². The highest BCUT2D eigenvalue weighted by molar-refractivity contribution is 7.81. The number of carbonyl (C=O) groups is 8. The number of amides is 7. The van der Waals surface area contributed by atoms with E-state index >= 15 is 0 Å². The molecule has 2 rings (SSSR count). The van der Waals surface area contributed by atoms with Crippen molar-refractivity contribution >= 4 is 57.7 Å². The molecule has 0 aliphatic carbocycles. The van der Waals surface area contributed by atoms with E-state index in [-0.39, 0.29) is 18.6 Å². The number of nitrogens with one attached hydrogen (secondary N) is 6. The van der Waals surface area contributed by atoms with Crippen molar-refractivity contribution in [2.75, 3.05) is 6.54 Å². The van der Waals surface area contributed by atoms with Crippen LogP contribution in [0.4, 0.5) is 0 Å². The Kier molecular flexibility index (Phi) is 18.9. The van der Waals surface area contributed by atoms with Crippen LogP contribution < -0.4 is 47.6 Å². The van der Waals surface area contributed by atoms with E-state index in [0.29, 0.717) is 11.1 Å². The fourth-order valence-corrected chi connectivity index (χ4v) is 5.75. The van der Waals surface area contributed by atoms with Crippen LogP contribution in [-0.2, 0) is 61.6 Å². The molecular weight excluding hydrogens is 797 g/mol. The summed E-state index contributed by atoms with van der Waals surface area (Å²) in [5, 5.41) is 24.3. The molecule has 7 amide bonds. The first-order chi connectivity index (χ1) is 27.5. The Morgan fingerprint density at radius 2 is 1.15 bits per heavy atom. The molecule has 0 spiro atoms. The first-order valence-corrected chi connectivity index (χ1v) is 19.7. The van der Waals surface area contributed by atoms with E-state index in [1.807, 2.05) is 0 Å². The lowest BCUT2D eigenvalue weighted by Crippen LogP contribution is -2.61. The summed E-state index contributed by atoms with van der Waals surface area (Å²) in [6.07, 6.45) is -1.12. The largest absolute Gasteiger partial charge is 0.481 e. The summed E-state index contributed by atoms with van der Waals surface area (Å²) in [7, 11) is -4.74. The predicted molar refractivity (Wildman–Crippen MR) is 210 cm³/mol. The van der Waals surface area contributed by atoms with Crippen molar-refractivity contribution in [3.63, 3.8) is 0 Å². The third kappa shape index (κ3) is 17.5. The number of carbonyl (C=O) groups excluding carboxylic acids is 7. The molecule has 0 aromatic heterocycles. The zero-order chi connectivity index (χ0) is 44.6. The molecule has 0 saturated heterocycles. The van der Waals surface area contributed by atoms with Gasteiger partial charge >= 0.3 is 16.4 Å². The fraction of sp³-hybridized carbons (Fsp3) is 0.459. The number of carboxylic acid groups (broad SMARTS) is 1. The zero-order valence-corrected chi connectivity index (χ0v) is 33.9. The third-order valence-electron chi connectivity index (χ3n) is 8.53. The molecule has 59 heavy (non-hydrogen) atoms. The first-order valence-electron chi connectivity index (χ1n) is 18.3. The van der Waals surface area contributed by atoms with Gasteiger partial charge in [0.25, 0.3) is 0 Å². The Balaban J connectivity index is 2.22. The van der Waals surface area contributed by atoms with Gasteiger partial charge in [-0.05, 0) is 48.4 Å². The number of carboxylic acids is 1. The molecule has 0 fully saturated rings. The van der Waals surface area contributed by atoms with Gasteiger partial charge < -0.3 is 52.7 Å². The summed E-state index contributed by atoms with van der Waals surface area (Å²) in [4.78, 5) is 103.